The molecule has 6 nitrogen and oxygen atoms in total. The summed E-state index contributed by atoms with van der Waals surface area (Å²) < 4.78 is 0. The number of carbonyl (C=O) groups is 1. The third-order valence-electron chi connectivity index (χ3n) is 4.36. The van der Waals surface area contributed by atoms with Gasteiger partial charge in [-0.2, -0.15) is 0 Å². The zero-order chi connectivity index (χ0) is 16.4. The maximum Gasteiger partial charge on any atom is 0.264 e. The van der Waals surface area contributed by atoms with E-state index in [1.54, 1.807) is 0 Å². The Bertz CT molecular complexity index is 715. The number of rotatable bonds is 4. The number of piperidine rings is 1. The molecule has 1 atom stereocenters. The van der Waals surface area contributed by atoms with Gasteiger partial charge in [0.25, 0.3) is 5.91 Å². The van der Waals surface area contributed by atoms with Crippen molar-refractivity contribution in [3.63, 3.8) is 0 Å². The predicted molar refractivity (Wildman–Crippen MR) is 92.1 cm³/mol. The highest BCUT2D eigenvalue weighted by Crippen LogP contribution is 2.34. The van der Waals surface area contributed by atoms with Crippen LogP contribution in [0.4, 0.5) is 5.82 Å². The van der Waals surface area contributed by atoms with Crippen molar-refractivity contribution in [3.05, 3.63) is 16.8 Å². The fourth-order valence-electron chi connectivity index (χ4n) is 3.17. The average Bonchev–Trinajstić information content (AvgIpc) is 2.92. The summed E-state index contributed by atoms with van der Waals surface area (Å²) in [6.45, 7) is 5.47. The molecule has 1 fully saturated rings. The first-order valence-electron chi connectivity index (χ1n) is 8.07. The van der Waals surface area contributed by atoms with Crippen molar-refractivity contribution < 1.29 is 9.90 Å². The summed E-state index contributed by atoms with van der Waals surface area (Å²) in [5, 5.41) is 13.7. The first-order chi connectivity index (χ1) is 11.2. The predicted octanol–water partition coefficient (Wildman–Crippen LogP) is 2.42. The molecule has 0 radical (unpaired) electrons. The number of hydrogen-bond acceptors (Lipinski definition) is 6. The van der Waals surface area contributed by atoms with E-state index >= 15 is 0 Å². The van der Waals surface area contributed by atoms with E-state index in [2.05, 4.69) is 15.3 Å². The molecule has 0 aromatic carbocycles. The van der Waals surface area contributed by atoms with Crippen LogP contribution in [0.3, 0.4) is 0 Å². The topological polar surface area (TPSA) is 78.4 Å². The van der Waals surface area contributed by atoms with Gasteiger partial charge in [-0.25, -0.2) is 9.97 Å². The molecular weight excluding hydrogens is 312 g/mol. The van der Waals surface area contributed by atoms with Crippen LogP contribution in [0.25, 0.3) is 10.2 Å². The molecule has 0 spiro atoms. The zero-order valence-electron chi connectivity index (χ0n) is 13.5. The minimum Gasteiger partial charge on any atom is -0.394 e. The van der Waals surface area contributed by atoms with E-state index in [1.165, 1.54) is 17.7 Å². The molecule has 1 aliphatic heterocycles. The number of amides is 1. The van der Waals surface area contributed by atoms with Crippen molar-refractivity contribution in [1.29, 1.82) is 0 Å². The Balaban J connectivity index is 2.01. The van der Waals surface area contributed by atoms with Gasteiger partial charge in [0.15, 0.2) is 0 Å². The van der Waals surface area contributed by atoms with E-state index in [-0.39, 0.29) is 18.6 Å². The molecule has 1 amide bonds. The Kier molecular flexibility index (Phi) is 4.77. The maximum atomic E-state index is 13.0. The molecule has 2 N–H and O–H groups in total. The van der Waals surface area contributed by atoms with Crippen LogP contribution in [0, 0.1) is 6.92 Å². The first kappa shape index (κ1) is 16.1. The number of nitrogens with one attached hydrogen (secondary N) is 1. The Hall–Kier alpha value is -1.73. The smallest absolute Gasteiger partial charge is 0.264 e. The molecule has 0 aliphatic carbocycles. The second-order valence-corrected chi connectivity index (χ2v) is 6.82. The van der Waals surface area contributed by atoms with Crippen LogP contribution < -0.4 is 5.32 Å². The number of nitrogens with zero attached hydrogens (tertiary/aromatic N) is 3. The fourth-order valence-corrected chi connectivity index (χ4v) is 4.27. The van der Waals surface area contributed by atoms with Crippen LogP contribution in [0.1, 0.15) is 41.4 Å². The van der Waals surface area contributed by atoms with Gasteiger partial charge in [-0.15, -0.1) is 11.3 Å². The first-order valence-corrected chi connectivity index (χ1v) is 8.88. The summed E-state index contributed by atoms with van der Waals surface area (Å²) in [5.74, 6) is 0.786. The molecule has 0 saturated carbocycles. The van der Waals surface area contributed by atoms with E-state index < -0.39 is 0 Å². The average molecular weight is 334 g/mol. The van der Waals surface area contributed by atoms with Crippen LogP contribution in [0.15, 0.2) is 6.33 Å². The molecule has 0 unspecified atom stereocenters. The Morgan fingerprint density at radius 3 is 3.04 bits per heavy atom. The van der Waals surface area contributed by atoms with Gasteiger partial charge in [0.1, 0.15) is 17.0 Å². The number of anilines is 1. The van der Waals surface area contributed by atoms with E-state index in [0.717, 1.165) is 47.4 Å². The van der Waals surface area contributed by atoms with Crippen molar-refractivity contribution in [2.75, 3.05) is 25.0 Å². The third kappa shape index (κ3) is 2.90. The minimum absolute atomic E-state index is 0.00620. The van der Waals surface area contributed by atoms with Gasteiger partial charge in [0, 0.05) is 13.1 Å². The second kappa shape index (κ2) is 6.80. The van der Waals surface area contributed by atoms with E-state index in [0.29, 0.717) is 11.4 Å². The fraction of sp³-hybridized carbons (Fsp3) is 0.562. The van der Waals surface area contributed by atoms with Crippen LogP contribution in [-0.2, 0) is 0 Å². The van der Waals surface area contributed by atoms with Crippen molar-refractivity contribution in [2.24, 2.45) is 0 Å². The van der Waals surface area contributed by atoms with Crippen molar-refractivity contribution in [2.45, 2.75) is 39.2 Å². The van der Waals surface area contributed by atoms with Gasteiger partial charge < -0.3 is 15.3 Å². The highest BCUT2D eigenvalue weighted by molar-refractivity contribution is 7.20. The number of carbonyl (C=O) groups excluding carboxylic acids is 1. The number of aliphatic hydroxyl groups excluding tert-OH is 1. The van der Waals surface area contributed by atoms with Gasteiger partial charge >= 0.3 is 0 Å². The molecule has 3 heterocycles. The Morgan fingerprint density at radius 2 is 2.30 bits per heavy atom. The number of aryl methyl sites for hydroxylation is 1. The number of aliphatic hydroxyl groups is 1. The quantitative estimate of drug-likeness (QED) is 0.898. The van der Waals surface area contributed by atoms with Gasteiger partial charge in [-0.3, -0.25) is 4.79 Å². The molecule has 23 heavy (non-hydrogen) atoms. The monoisotopic (exact) mass is 334 g/mol. The van der Waals surface area contributed by atoms with Crippen LogP contribution in [0.5, 0.6) is 0 Å². The molecule has 3 rings (SSSR count). The lowest BCUT2D eigenvalue weighted by atomic mass is 10.0. The summed E-state index contributed by atoms with van der Waals surface area (Å²) in [5.41, 5.74) is 0.925. The minimum atomic E-state index is -0.0693. The largest absolute Gasteiger partial charge is 0.394 e. The SMILES string of the molecule is CCNc1ncnc2sc(C(=O)N3CCCC[C@H]3CO)c(C)c12. The Morgan fingerprint density at radius 1 is 1.48 bits per heavy atom. The second-order valence-electron chi connectivity index (χ2n) is 5.82. The number of likely N-dealkylation sites (tertiary alicyclic amines) is 1. The number of aromatic nitrogens is 2. The van der Waals surface area contributed by atoms with Crippen LogP contribution >= 0.6 is 11.3 Å². The summed E-state index contributed by atoms with van der Waals surface area (Å²) >= 11 is 1.41. The molecule has 1 aliphatic rings. The molecule has 7 heteroatoms. The highest BCUT2D eigenvalue weighted by atomic mass is 32.1. The molecule has 0 bridgehead atoms. The highest BCUT2D eigenvalue weighted by Gasteiger charge is 2.30. The Labute approximate surface area is 139 Å². The van der Waals surface area contributed by atoms with Crippen LogP contribution in [-0.4, -0.2) is 51.6 Å². The number of hydrogen-bond donors (Lipinski definition) is 2. The molecule has 124 valence electrons. The van der Waals surface area contributed by atoms with Crippen LogP contribution in [0.2, 0.25) is 0 Å². The van der Waals surface area contributed by atoms with Gasteiger partial charge in [0.2, 0.25) is 0 Å². The molecule has 1 saturated heterocycles. The number of thiophene rings is 1. The lowest BCUT2D eigenvalue weighted by molar-refractivity contribution is 0.0507. The standard InChI is InChI=1S/C16H22N4O2S/c1-3-17-14-12-10(2)13(23-15(12)19-9-18-14)16(22)20-7-5-4-6-11(20)8-21/h9,11,21H,3-8H2,1-2H3,(H,17,18,19)/t11-/m0/s1. The third-order valence-corrected chi connectivity index (χ3v) is 5.55. The van der Waals surface area contributed by atoms with E-state index in [4.69, 9.17) is 0 Å². The summed E-state index contributed by atoms with van der Waals surface area (Å²) in [6.07, 6.45) is 4.46. The summed E-state index contributed by atoms with van der Waals surface area (Å²) in [7, 11) is 0. The lowest BCUT2D eigenvalue weighted by Crippen LogP contribution is -2.45. The van der Waals surface area contributed by atoms with Gasteiger partial charge in [-0.1, -0.05) is 0 Å². The number of fused-ring (bicyclic) bond motifs is 1. The van der Waals surface area contributed by atoms with E-state index in [1.807, 2.05) is 18.7 Å². The molecule has 2 aromatic rings. The van der Waals surface area contributed by atoms with Crippen molar-refractivity contribution in [1.82, 2.24) is 14.9 Å². The van der Waals surface area contributed by atoms with Crippen molar-refractivity contribution >= 4 is 33.3 Å². The van der Waals surface area contributed by atoms with Gasteiger partial charge in [-0.05, 0) is 38.7 Å². The molecular formula is C16H22N4O2S. The lowest BCUT2D eigenvalue weighted by Gasteiger charge is -2.34. The summed E-state index contributed by atoms with van der Waals surface area (Å²) in [6, 6.07) is -0.0693. The zero-order valence-corrected chi connectivity index (χ0v) is 14.3. The summed E-state index contributed by atoms with van der Waals surface area (Å²) in [4.78, 5) is 25.0. The molecule has 2 aromatic heterocycles. The van der Waals surface area contributed by atoms with E-state index in [9.17, 15) is 9.90 Å². The van der Waals surface area contributed by atoms with Crippen molar-refractivity contribution in [3.8, 4) is 0 Å². The maximum absolute atomic E-state index is 13.0. The normalized spacial score (nSPS) is 18.4. The van der Waals surface area contributed by atoms with Gasteiger partial charge in [0.05, 0.1) is 22.9 Å².